The molecule has 4 rings (SSSR count). The number of hydrogen-bond donors (Lipinski definition) is 1. The van der Waals surface area contributed by atoms with E-state index in [0.29, 0.717) is 28.4 Å². The molecule has 1 atom stereocenters. The second-order valence-electron chi connectivity index (χ2n) is 7.47. The van der Waals surface area contributed by atoms with Gasteiger partial charge in [0.25, 0.3) is 0 Å². The first-order chi connectivity index (χ1) is 16.7. The predicted molar refractivity (Wildman–Crippen MR) is 136 cm³/mol. The third kappa shape index (κ3) is 5.83. The second kappa shape index (κ2) is 11.2. The van der Waals surface area contributed by atoms with Gasteiger partial charge in [-0.25, -0.2) is 4.98 Å². The van der Waals surface area contributed by atoms with E-state index in [-0.39, 0.29) is 5.91 Å². The van der Waals surface area contributed by atoms with Crippen LogP contribution in [0.3, 0.4) is 0 Å². The molecule has 0 aliphatic rings. The van der Waals surface area contributed by atoms with E-state index < -0.39 is 5.25 Å². The van der Waals surface area contributed by atoms with Gasteiger partial charge in [0.2, 0.25) is 5.91 Å². The van der Waals surface area contributed by atoms with Crippen LogP contribution in [0.4, 0.5) is 5.69 Å². The van der Waals surface area contributed by atoms with Gasteiger partial charge in [-0.15, -0.1) is 0 Å². The number of amides is 1. The number of anilines is 1. The third-order valence-electron chi connectivity index (χ3n) is 5.07. The van der Waals surface area contributed by atoms with Crippen molar-refractivity contribution in [3.05, 3.63) is 103 Å². The van der Waals surface area contributed by atoms with Crippen LogP contribution in [0, 0.1) is 11.3 Å². The van der Waals surface area contributed by atoms with Gasteiger partial charge in [-0.2, -0.15) is 5.26 Å². The smallest absolute Gasteiger partial charge is 0.237 e. The number of aromatic nitrogens is 1. The summed E-state index contributed by atoms with van der Waals surface area (Å²) in [5.74, 6) is 1.30. The number of ether oxygens (including phenoxy) is 1. The molecule has 4 aromatic rings. The normalized spacial score (nSPS) is 11.3. The molecule has 0 aliphatic heterocycles. The number of nitrogens with one attached hydrogen (secondary N) is 1. The summed E-state index contributed by atoms with van der Waals surface area (Å²) in [6.45, 7) is 1.95. The van der Waals surface area contributed by atoms with Gasteiger partial charge in [-0.3, -0.25) is 4.79 Å². The Hall–Kier alpha value is -4.08. The maximum absolute atomic E-state index is 13.0. The van der Waals surface area contributed by atoms with Crippen molar-refractivity contribution in [3.63, 3.8) is 0 Å². The summed E-state index contributed by atoms with van der Waals surface area (Å²) in [5, 5.41) is 12.7. The molecule has 34 heavy (non-hydrogen) atoms. The number of carbonyl (C=O) groups is 1. The minimum Gasteiger partial charge on any atom is -0.457 e. The van der Waals surface area contributed by atoms with Crippen molar-refractivity contribution >= 4 is 23.4 Å². The summed E-state index contributed by atoms with van der Waals surface area (Å²) in [6, 6.07) is 32.3. The number of nitrogens with zero attached hydrogens (tertiary/aromatic N) is 2. The van der Waals surface area contributed by atoms with Crippen molar-refractivity contribution in [1.29, 1.82) is 5.26 Å². The van der Waals surface area contributed by atoms with Gasteiger partial charge >= 0.3 is 0 Å². The summed E-state index contributed by atoms with van der Waals surface area (Å²) < 4.78 is 5.80. The zero-order valence-corrected chi connectivity index (χ0v) is 19.5. The lowest BCUT2D eigenvalue weighted by Crippen LogP contribution is -2.24. The van der Waals surface area contributed by atoms with E-state index in [9.17, 15) is 10.1 Å². The van der Waals surface area contributed by atoms with Gasteiger partial charge < -0.3 is 10.1 Å². The Labute approximate surface area is 203 Å². The summed E-state index contributed by atoms with van der Waals surface area (Å²) >= 11 is 1.31. The first-order valence-electron chi connectivity index (χ1n) is 10.9. The van der Waals surface area contributed by atoms with Crippen LogP contribution in [-0.4, -0.2) is 16.1 Å². The topological polar surface area (TPSA) is 75.0 Å². The average Bonchev–Trinajstić information content (AvgIpc) is 2.89. The van der Waals surface area contributed by atoms with Crippen LogP contribution in [0.15, 0.2) is 102 Å². The van der Waals surface area contributed by atoms with Crippen LogP contribution in [-0.2, 0) is 4.79 Å². The average molecular weight is 466 g/mol. The fourth-order valence-corrected chi connectivity index (χ4v) is 4.29. The SMILES string of the molecule is CCC(Sc1nc(-c2ccccc2)ccc1C#N)C(=O)Nc1ccc(Oc2ccccc2)cc1. The molecule has 0 spiro atoms. The highest BCUT2D eigenvalue weighted by atomic mass is 32.2. The number of benzene rings is 3. The number of para-hydroxylation sites is 1. The van der Waals surface area contributed by atoms with Gasteiger partial charge in [0.15, 0.2) is 0 Å². The van der Waals surface area contributed by atoms with E-state index in [2.05, 4.69) is 16.4 Å². The maximum Gasteiger partial charge on any atom is 0.237 e. The van der Waals surface area contributed by atoms with Crippen molar-refractivity contribution in [3.8, 4) is 28.8 Å². The largest absolute Gasteiger partial charge is 0.457 e. The van der Waals surface area contributed by atoms with Gasteiger partial charge in [-0.1, -0.05) is 67.2 Å². The number of pyridine rings is 1. The van der Waals surface area contributed by atoms with Crippen molar-refractivity contribution in [1.82, 2.24) is 4.98 Å². The van der Waals surface area contributed by atoms with E-state index in [1.165, 1.54) is 11.8 Å². The first-order valence-corrected chi connectivity index (χ1v) is 11.8. The Kier molecular flexibility index (Phi) is 7.59. The number of carbonyl (C=O) groups excluding carboxylic acids is 1. The highest BCUT2D eigenvalue weighted by molar-refractivity contribution is 8.00. The third-order valence-corrected chi connectivity index (χ3v) is 6.43. The Morgan fingerprint density at radius 1 is 0.941 bits per heavy atom. The Morgan fingerprint density at radius 3 is 2.24 bits per heavy atom. The molecule has 1 aromatic heterocycles. The monoisotopic (exact) mass is 465 g/mol. The van der Waals surface area contributed by atoms with Crippen molar-refractivity contribution in [2.45, 2.75) is 23.6 Å². The number of hydrogen-bond acceptors (Lipinski definition) is 5. The Bertz CT molecular complexity index is 1290. The van der Waals surface area contributed by atoms with E-state index in [0.717, 1.165) is 17.0 Å². The van der Waals surface area contributed by atoms with E-state index >= 15 is 0 Å². The molecular weight excluding hydrogens is 442 g/mol. The second-order valence-corrected chi connectivity index (χ2v) is 8.66. The maximum atomic E-state index is 13.0. The molecule has 0 aliphatic carbocycles. The Morgan fingerprint density at radius 2 is 1.59 bits per heavy atom. The highest BCUT2D eigenvalue weighted by Gasteiger charge is 2.21. The molecule has 1 heterocycles. The lowest BCUT2D eigenvalue weighted by Gasteiger charge is -2.16. The lowest BCUT2D eigenvalue weighted by molar-refractivity contribution is -0.115. The zero-order valence-electron chi connectivity index (χ0n) is 18.6. The molecule has 1 N–H and O–H groups in total. The molecule has 0 fully saturated rings. The quantitative estimate of drug-likeness (QED) is 0.286. The van der Waals surface area contributed by atoms with Crippen LogP contribution >= 0.6 is 11.8 Å². The molecule has 6 heteroatoms. The molecule has 1 unspecified atom stereocenters. The standard InChI is InChI=1S/C28H23N3O2S/c1-2-26(34-28-21(19-29)13-18-25(31-28)20-9-5-3-6-10-20)27(32)30-22-14-16-24(17-15-22)33-23-11-7-4-8-12-23/h3-18,26H,2H2,1H3,(H,30,32). The summed E-state index contributed by atoms with van der Waals surface area (Å²) in [7, 11) is 0. The Balaban J connectivity index is 1.45. The molecule has 1 amide bonds. The molecule has 0 saturated heterocycles. The van der Waals surface area contributed by atoms with Crippen LogP contribution in [0.25, 0.3) is 11.3 Å². The fraction of sp³-hybridized carbons (Fsp3) is 0.107. The molecule has 0 radical (unpaired) electrons. The van der Waals surface area contributed by atoms with Crippen LogP contribution in [0.2, 0.25) is 0 Å². The number of nitriles is 1. The van der Waals surface area contributed by atoms with Crippen LogP contribution in [0.1, 0.15) is 18.9 Å². The summed E-state index contributed by atoms with van der Waals surface area (Å²) in [5.41, 5.74) is 2.87. The van der Waals surface area contributed by atoms with Gasteiger partial charge in [0.1, 0.15) is 22.6 Å². The molecule has 0 saturated carbocycles. The van der Waals surface area contributed by atoms with Crippen molar-refractivity contribution in [2.24, 2.45) is 0 Å². The minimum absolute atomic E-state index is 0.139. The van der Waals surface area contributed by atoms with Gasteiger partial charge in [0.05, 0.1) is 16.5 Å². The molecule has 3 aromatic carbocycles. The summed E-state index contributed by atoms with van der Waals surface area (Å²) in [6.07, 6.45) is 0.591. The molecule has 168 valence electrons. The fourth-order valence-electron chi connectivity index (χ4n) is 3.30. The number of thioether (sulfide) groups is 1. The lowest BCUT2D eigenvalue weighted by atomic mass is 10.1. The number of rotatable bonds is 8. The van der Waals surface area contributed by atoms with Crippen molar-refractivity contribution in [2.75, 3.05) is 5.32 Å². The van der Waals surface area contributed by atoms with Crippen molar-refractivity contribution < 1.29 is 9.53 Å². The first kappa shape index (κ1) is 23.1. The van der Waals surface area contributed by atoms with Crippen LogP contribution in [0.5, 0.6) is 11.5 Å². The van der Waals surface area contributed by atoms with E-state index in [4.69, 9.17) is 4.74 Å². The molecule has 5 nitrogen and oxygen atoms in total. The molecule has 0 bridgehead atoms. The molecular formula is C28H23N3O2S. The van der Waals surface area contributed by atoms with Gasteiger partial charge in [0, 0.05) is 11.3 Å². The minimum atomic E-state index is -0.397. The highest BCUT2D eigenvalue weighted by Crippen LogP contribution is 2.30. The summed E-state index contributed by atoms with van der Waals surface area (Å²) in [4.78, 5) is 17.7. The zero-order chi connectivity index (χ0) is 23.8. The predicted octanol–water partition coefficient (Wildman–Crippen LogP) is 6.92. The van der Waals surface area contributed by atoms with Crippen LogP contribution < -0.4 is 10.1 Å². The van der Waals surface area contributed by atoms with Gasteiger partial charge in [-0.05, 0) is 55.0 Å². The van der Waals surface area contributed by atoms with E-state index in [1.807, 2.05) is 97.9 Å². The van der Waals surface area contributed by atoms with E-state index in [1.54, 1.807) is 6.07 Å².